The number of amides is 1. The molecule has 0 saturated heterocycles. The predicted octanol–water partition coefficient (Wildman–Crippen LogP) is 2.01. The summed E-state index contributed by atoms with van der Waals surface area (Å²) >= 11 is 0. The lowest BCUT2D eigenvalue weighted by atomic mass is 10.2. The van der Waals surface area contributed by atoms with Crippen molar-refractivity contribution in [3.8, 4) is 12.3 Å². The van der Waals surface area contributed by atoms with E-state index in [9.17, 15) is 4.79 Å². The third kappa shape index (κ3) is 4.71. The Bertz CT molecular complexity index is 394. The number of carbonyl (C=O) groups excluding carboxylic acids is 1. The fraction of sp³-hybridized carbons (Fsp3) is 0.357. The zero-order chi connectivity index (χ0) is 12.7. The van der Waals surface area contributed by atoms with Crippen LogP contribution in [0.15, 0.2) is 30.3 Å². The molecule has 0 radical (unpaired) electrons. The van der Waals surface area contributed by atoms with Gasteiger partial charge in [0.2, 0.25) is 5.91 Å². The van der Waals surface area contributed by atoms with Gasteiger partial charge in [0.05, 0.1) is 6.04 Å². The smallest absolute Gasteiger partial charge is 0.241 e. The van der Waals surface area contributed by atoms with E-state index >= 15 is 0 Å². The van der Waals surface area contributed by atoms with Gasteiger partial charge in [-0.25, -0.2) is 0 Å². The van der Waals surface area contributed by atoms with Crippen molar-refractivity contribution in [1.29, 1.82) is 0 Å². The van der Waals surface area contributed by atoms with Crippen molar-refractivity contribution in [2.45, 2.75) is 32.4 Å². The van der Waals surface area contributed by atoms with E-state index in [0.717, 1.165) is 5.69 Å². The van der Waals surface area contributed by atoms with Gasteiger partial charge in [-0.05, 0) is 26.0 Å². The molecule has 2 atom stereocenters. The normalized spacial score (nSPS) is 13.5. The first-order valence-electron chi connectivity index (χ1n) is 5.69. The van der Waals surface area contributed by atoms with E-state index in [1.165, 1.54) is 0 Å². The molecule has 0 aliphatic rings. The third-order valence-corrected chi connectivity index (χ3v) is 2.39. The average Bonchev–Trinajstić information content (AvgIpc) is 2.30. The molecule has 0 fully saturated rings. The van der Waals surface area contributed by atoms with Crippen LogP contribution in [0.2, 0.25) is 0 Å². The summed E-state index contributed by atoms with van der Waals surface area (Å²) in [6, 6.07) is 9.26. The highest BCUT2D eigenvalue weighted by Crippen LogP contribution is 2.05. The number of hydrogen-bond donors (Lipinski definition) is 2. The van der Waals surface area contributed by atoms with Crippen LogP contribution in [0.1, 0.15) is 20.3 Å². The van der Waals surface area contributed by atoms with E-state index in [-0.39, 0.29) is 18.0 Å². The maximum absolute atomic E-state index is 11.8. The van der Waals surface area contributed by atoms with E-state index in [1.807, 2.05) is 44.2 Å². The molecule has 0 bridgehead atoms. The second-order valence-corrected chi connectivity index (χ2v) is 4.05. The zero-order valence-electron chi connectivity index (χ0n) is 10.2. The summed E-state index contributed by atoms with van der Waals surface area (Å²) in [6.45, 7) is 3.79. The number of anilines is 1. The van der Waals surface area contributed by atoms with Crippen molar-refractivity contribution in [2.24, 2.45) is 0 Å². The maximum atomic E-state index is 11.8. The lowest BCUT2D eigenvalue weighted by Crippen LogP contribution is -2.42. The molecule has 17 heavy (non-hydrogen) atoms. The Hall–Kier alpha value is -1.79. The second-order valence-electron chi connectivity index (χ2n) is 4.05. The minimum Gasteiger partial charge on any atom is -0.325 e. The van der Waals surface area contributed by atoms with Crippen LogP contribution in [0.25, 0.3) is 0 Å². The van der Waals surface area contributed by atoms with Crippen molar-refractivity contribution < 1.29 is 4.79 Å². The van der Waals surface area contributed by atoms with Crippen LogP contribution in [0.3, 0.4) is 0 Å². The third-order valence-electron chi connectivity index (χ3n) is 2.39. The van der Waals surface area contributed by atoms with Crippen LogP contribution in [0.5, 0.6) is 0 Å². The largest absolute Gasteiger partial charge is 0.325 e. The van der Waals surface area contributed by atoms with Crippen LogP contribution in [-0.2, 0) is 4.79 Å². The van der Waals surface area contributed by atoms with Crippen molar-refractivity contribution in [3.05, 3.63) is 30.3 Å². The molecule has 0 aromatic heterocycles. The minimum absolute atomic E-state index is 0.0555. The van der Waals surface area contributed by atoms with Crippen LogP contribution >= 0.6 is 0 Å². The summed E-state index contributed by atoms with van der Waals surface area (Å²) in [5.41, 5.74) is 0.802. The Labute approximate surface area is 103 Å². The number of benzene rings is 1. The van der Waals surface area contributed by atoms with Gasteiger partial charge in [0, 0.05) is 18.2 Å². The number of rotatable bonds is 5. The van der Waals surface area contributed by atoms with E-state index in [1.54, 1.807) is 0 Å². The summed E-state index contributed by atoms with van der Waals surface area (Å²) in [5.74, 6) is 2.51. The molecule has 0 aliphatic heterocycles. The summed E-state index contributed by atoms with van der Waals surface area (Å²) in [7, 11) is 0. The van der Waals surface area contributed by atoms with Crippen LogP contribution < -0.4 is 10.6 Å². The molecule has 0 heterocycles. The van der Waals surface area contributed by atoms with Gasteiger partial charge >= 0.3 is 0 Å². The maximum Gasteiger partial charge on any atom is 0.241 e. The lowest BCUT2D eigenvalue weighted by Gasteiger charge is -2.18. The first kappa shape index (κ1) is 13.3. The molecular weight excluding hydrogens is 212 g/mol. The number of hydrogen-bond acceptors (Lipinski definition) is 2. The fourth-order valence-electron chi connectivity index (χ4n) is 1.51. The molecule has 1 rings (SSSR count). The Morgan fingerprint density at radius 2 is 2.00 bits per heavy atom. The monoisotopic (exact) mass is 230 g/mol. The molecule has 3 nitrogen and oxygen atoms in total. The molecule has 3 heteroatoms. The van der Waals surface area contributed by atoms with Gasteiger partial charge in [0.25, 0.3) is 0 Å². The van der Waals surface area contributed by atoms with E-state index < -0.39 is 0 Å². The average molecular weight is 230 g/mol. The standard InChI is InChI=1S/C14H18N2O/c1-4-8-11(2)15-12(3)14(17)16-13-9-6-5-7-10-13/h1,5-7,9-12,15H,8H2,2-3H3,(H,16,17). The van der Waals surface area contributed by atoms with Gasteiger partial charge in [-0.15, -0.1) is 12.3 Å². The van der Waals surface area contributed by atoms with Crippen LogP contribution in [0.4, 0.5) is 5.69 Å². The lowest BCUT2D eigenvalue weighted by molar-refractivity contribution is -0.117. The van der Waals surface area contributed by atoms with Crippen LogP contribution in [-0.4, -0.2) is 18.0 Å². The first-order chi connectivity index (χ1) is 8.13. The summed E-state index contributed by atoms with van der Waals surface area (Å²) in [4.78, 5) is 11.8. The van der Waals surface area contributed by atoms with Crippen molar-refractivity contribution >= 4 is 11.6 Å². The second kappa shape index (κ2) is 6.72. The highest BCUT2D eigenvalue weighted by atomic mass is 16.2. The summed E-state index contributed by atoms with van der Waals surface area (Å²) in [5, 5.41) is 5.98. The molecule has 0 aliphatic carbocycles. The number of para-hydroxylation sites is 1. The van der Waals surface area contributed by atoms with Gasteiger partial charge < -0.3 is 10.6 Å². The molecule has 2 N–H and O–H groups in total. The predicted molar refractivity (Wildman–Crippen MR) is 70.6 cm³/mol. The van der Waals surface area contributed by atoms with Crippen molar-refractivity contribution in [1.82, 2.24) is 5.32 Å². The molecule has 2 unspecified atom stereocenters. The molecule has 0 spiro atoms. The topological polar surface area (TPSA) is 41.1 Å². The van der Waals surface area contributed by atoms with Gasteiger partial charge in [-0.2, -0.15) is 0 Å². The molecule has 90 valence electrons. The summed E-state index contributed by atoms with van der Waals surface area (Å²) < 4.78 is 0. The molecular formula is C14H18N2O. The van der Waals surface area contributed by atoms with Gasteiger partial charge in [0.1, 0.15) is 0 Å². The molecule has 1 amide bonds. The SMILES string of the molecule is C#CCC(C)NC(C)C(=O)Nc1ccccc1. The zero-order valence-corrected chi connectivity index (χ0v) is 10.2. The highest BCUT2D eigenvalue weighted by molar-refractivity contribution is 5.94. The van der Waals surface area contributed by atoms with E-state index in [4.69, 9.17) is 6.42 Å². The quantitative estimate of drug-likeness (QED) is 0.760. The minimum atomic E-state index is -0.265. The molecule has 0 saturated carbocycles. The van der Waals surface area contributed by atoms with Crippen molar-refractivity contribution in [2.75, 3.05) is 5.32 Å². The molecule has 1 aromatic carbocycles. The number of carbonyl (C=O) groups is 1. The Kier molecular flexibility index (Phi) is 5.25. The molecule has 1 aromatic rings. The van der Waals surface area contributed by atoms with E-state index in [0.29, 0.717) is 6.42 Å². The fourth-order valence-corrected chi connectivity index (χ4v) is 1.51. The first-order valence-corrected chi connectivity index (χ1v) is 5.69. The van der Waals surface area contributed by atoms with Gasteiger partial charge in [-0.1, -0.05) is 18.2 Å². The summed E-state index contributed by atoms with van der Waals surface area (Å²) in [6.07, 6.45) is 5.83. The Morgan fingerprint density at radius 3 is 2.59 bits per heavy atom. The van der Waals surface area contributed by atoms with Crippen molar-refractivity contribution in [3.63, 3.8) is 0 Å². The highest BCUT2D eigenvalue weighted by Gasteiger charge is 2.14. The van der Waals surface area contributed by atoms with E-state index in [2.05, 4.69) is 16.6 Å². The Balaban J connectivity index is 2.45. The number of terminal acetylenes is 1. The van der Waals surface area contributed by atoms with Gasteiger partial charge in [0.15, 0.2) is 0 Å². The Morgan fingerprint density at radius 1 is 1.35 bits per heavy atom. The van der Waals surface area contributed by atoms with Crippen LogP contribution in [0, 0.1) is 12.3 Å². The van der Waals surface area contributed by atoms with Gasteiger partial charge in [-0.3, -0.25) is 4.79 Å². The number of nitrogens with one attached hydrogen (secondary N) is 2.